The number of aromatic carboxylic acids is 2. The van der Waals surface area contributed by atoms with Gasteiger partial charge in [0.05, 0.1) is 0 Å². The van der Waals surface area contributed by atoms with E-state index in [1.54, 1.807) is 61.4 Å². The van der Waals surface area contributed by atoms with Crippen LogP contribution in [-0.4, -0.2) is 76.0 Å². The van der Waals surface area contributed by atoms with Gasteiger partial charge in [-0.3, -0.25) is 0 Å². The number of hydrogen-bond donors (Lipinski definition) is 2. The second kappa shape index (κ2) is 32.6. The van der Waals surface area contributed by atoms with Gasteiger partial charge in [-0.1, -0.05) is 24.3 Å². The third-order valence-corrected chi connectivity index (χ3v) is 23.9. The van der Waals surface area contributed by atoms with Gasteiger partial charge in [-0.25, -0.2) is 9.59 Å². The molecule has 2 rings (SSSR count). The minimum atomic E-state index is -1.87. The summed E-state index contributed by atoms with van der Waals surface area (Å²) in [6, 6.07) is 11.7. The average molecular weight is 811 g/mol. The topological polar surface area (TPSA) is 97.7 Å². The molecule has 0 unspecified atom stereocenters. The molecule has 0 heterocycles. The summed E-state index contributed by atoms with van der Waals surface area (Å²) in [5.41, 5.74) is -0.211. The van der Waals surface area contributed by atoms with Crippen LogP contribution in [0.25, 0.3) is 0 Å². The van der Waals surface area contributed by atoms with Gasteiger partial charge in [0.1, 0.15) is 11.1 Å². The van der Waals surface area contributed by atoms with Crippen molar-refractivity contribution in [3.8, 4) is 0 Å². The minimum Gasteiger partial charge on any atom is -0.606 e. The van der Waals surface area contributed by atoms with E-state index in [0.717, 1.165) is 0 Å². The monoisotopic (exact) mass is 811 g/mol. The molecule has 0 radical (unpaired) electrons. The second-order valence-corrected chi connectivity index (χ2v) is 27.1. The number of carbonyl (C=O) groups is 2. The predicted molar refractivity (Wildman–Crippen MR) is 246 cm³/mol. The summed E-state index contributed by atoms with van der Waals surface area (Å²) in [6.07, 6.45) is 36.3. The van der Waals surface area contributed by atoms with E-state index < -0.39 is 37.6 Å². The predicted octanol–water partition coefficient (Wildman–Crippen LogP) is 14.1. The Hall–Kier alpha value is -1.45. The molecule has 0 atom stereocenters. The maximum absolute atomic E-state index is 12.5. The Morgan fingerprint density at radius 2 is 0.648 bits per heavy atom. The van der Waals surface area contributed by atoms with Crippen LogP contribution < -0.4 is 0 Å². The third-order valence-electron chi connectivity index (χ3n) is 11.1. The van der Waals surface area contributed by atoms with E-state index in [-0.39, 0.29) is 20.9 Å². The summed E-state index contributed by atoms with van der Waals surface area (Å²) in [4.78, 5) is 22.4. The van der Waals surface area contributed by atoms with Crippen LogP contribution in [-0.2, 0) is 11.2 Å². The van der Waals surface area contributed by atoms with E-state index >= 15 is 0 Å². The standard InChI is InChI=1S/2C16H37P.C14H10O5S/c2*1-5-9-13-17(14-10-6-2,15-11-7-3)16-12-8-4;15-13(16)9-5-1-3-7-11(9)20(19)12-8-4-2-6-10(12)14(17)18/h2*17H,5-16H2,1-4H3;1-8H,(H,15,16)(H,17,18). The fraction of sp³-hybridized carbons (Fsp3) is 0.696. The number of benzene rings is 2. The summed E-state index contributed by atoms with van der Waals surface area (Å²) in [5.74, 6) is -2.41. The molecule has 0 fully saturated rings. The number of carboxylic acids is 2. The molecule has 5 nitrogen and oxygen atoms in total. The summed E-state index contributed by atoms with van der Waals surface area (Å²) >= 11 is -1.87. The SMILES string of the molecule is CCCC[PH](CCCC)(CCCC)CCCC.CCCC[PH](CCCC)(CCCC)CCCC.O=C(O)c1ccccc1[S+]([O-])c1ccccc1C(=O)O. The Kier molecular flexibility index (Phi) is 31.7. The van der Waals surface area contributed by atoms with Gasteiger partial charge in [0.2, 0.25) is 0 Å². The molecule has 0 spiro atoms. The Labute approximate surface area is 337 Å². The van der Waals surface area contributed by atoms with Crippen molar-refractivity contribution in [2.45, 2.75) is 168 Å². The fourth-order valence-electron chi connectivity index (χ4n) is 7.64. The first kappa shape index (κ1) is 52.6. The molecular weight excluding hydrogens is 727 g/mol. The first-order valence-electron chi connectivity index (χ1n) is 22.1. The van der Waals surface area contributed by atoms with Gasteiger partial charge < -0.3 is 14.8 Å². The molecule has 2 aromatic rings. The van der Waals surface area contributed by atoms with E-state index in [9.17, 15) is 14.1 Å². The smallest absolute Gasteiger partial charge is 0.340 e. The third kappa shape index (κ3) is 21.2. The molecule has 2 aromatic carbocycles. The fourth-order valence-corrected chi connectivity index (χ4v) is 20.8. The molecule has 0 aromatic heterocycles. The first-order chi connectivity index (χ1) is 26.0. The Balaban J connectivity index is 0.000000786. The molecular formula is C46H84O5P2S. The van der Waals surface area contributed by atoms with E-state index in [2.05, 4.69) is 55.4 Å². The van der Waals surface area contributed by atoms with Gasteiger partial charge in [0.15, 0.2) is 9.79 Å². The van der Waals surface area contributed by atoms with E-state index in [1.165, 1.54) is 139 Å². The van der Waals surface area contributed by atoms with Crippen molar-refractivity contribution >= 4 is 37.6 Å². The Morgan fingerprint density at radius 3 is 0.833 bits per heavy atom. The molecule has 0 bridgehead atoms. The maximum atomic E-state index is 12.5. The molecule has 0 aliphatic heterocycles. The van der Waals surface area contributed by atoms with Crippen molar-refractivity contribution in [3.05, 3.63) is 59.7 Å². The first-order valence-corrected chi connectivity index (χ1v) is 28.9. The molecule has 0 saturated heterocycles. The van der Waals surface area contributed by atoms with Gasteiger partial charge in [-0.15, -0.1) is 0 Å². The van der Waals surface area contributed by atoms with Crippen molar-refractivity contribution in [1.82, 2.24) is 0 Å². The van der Waals surface area contributed by atoms with E-state index in [0.29, 0.717) is 0 Å². The summed E-state index contributed by atoms with van der Waals surface area (Å²) < 4.78 is 12.5. The van der Waals surface area contributed by atoms with Crippen molar-refractivity contribution in [3.63, 3.8) is 0 Å². The minimum absolute atomic E-state index is 0.0775. The van der Waals surface area contributed by atoms with Crippen molar-refractivity contribution in [2.75, 3.05) is 49.3 Å². The average Bonchev–Trinajstić information content (AvgIpc) is 3.19. The second-order valence-electron chi connectivity index (χ2n) is 15.7. The van der Waals surface area contributed by atoms with Crippen LogP contribution in [0.5, 0.6) is 0 Å². The maximum Gasteiger partial charge on any atom is 0.340 e. The van der Waals surface area contributed by atoms with E-state index in [4.69, 9.17) is 10.2 Å². The van der Waals surface area contributed by atoms with Gasteiger partial charge in [0, 0.05) is 11.2 Å². The van der Waals surface area contributed by atoms with Crippen LogP contribution in [0.15, 0.2) is 58.3 Å². The molecule has 8 heteroatoms. The molecule has 314 valence electrons. The summed E-state index contributed by atoms with van der Waals surface area (Å²) in [5, 5.41) is 18.2. The van der Waals surface area contributed by atoms with Gasteiger partial charge in [-0.2, -0.15) is 0 Å². The van der Waals surface area contributed by atoms with Crippen molar-refractivity contribution in [2.24, 2.45) is 0 Å². The Morgan fingerprint density at radius 1 is 0.444 bits per heavy atom. The quantitative estimate of drug-likeness (QED) is 0.0659. The normalized spacial score (nSPS) is 12.0. The van der Waals surface area contributed by atoms with Crippen LogP contribution in [0.2, 0.25) is 0 Å². The van der Waals surface area contributed by atoms with Crippen LogP contribution >= 0.6 is 14.5 Å². The zero-order valence-electron chi connectivity index (χ0n) is 36.1. The van der Waals surface area contributed by atoms with Gasteiger partial charge in [-0.05, 0) is 24.3 Å². The molecule has 0 aliphatic rings. The zero-order chi connectivity index (χ0) is 40.7. The van der Waals surface area contributed by atoms with Crippen LogP contribution in [0.4, 0.5) is 0 Å². The van der Waals surface area contributed by atoms with Crippen molar-refractivity contribution in [1.29, 1.82) is 0 Å². The Bertz CT molecular complexity index is 1070. The number of unbranched alkanes of at least 4 members (excludes halogenated alkanes) is 8. The largest absolute Gasteiger partial charge is 0.606 e. The van der Waals surface area contributed by atoms with Gasteiger partial charge in [0.25, 0.3) is 0 Å². The summed E-state index contributed by atoms with van der Waals surface area (Å²) in [7, 11) is -1.76. The van der Waals surface area contributed by atoms with Gasteiger partial charge >= 0.3 is 234 Å². The number of rotatable bonds is 28. The van der Waals surface area contributed by atoms with Crippen LogP contribution in [0.1, 0.15) is 179 Å². The molecule has 2 N–H and O–H groups in total. The number of carboxylic acid groups (broad SMARTS) is 2. The summed E-state index contributed by atoms with van der Waals surface area (Å²) in [6.45, 7) is 18.9. The van der Waals surface area contributed by atoms with E-state index in [1.807, 2.05) is 0 Å². The van der Waals surface area contributed by atoms with Crippen LogP contribution in [0, 0.1) is 0 Å². The number of hydrogen-bond acceptors (Lipinski definition) is 3. The molecule has 0 saturated carbocycles. The molecule has 0 aliphatic carbocycles. The van der Waals surface area contributed by atoms with Crippen LogP contribution in [0.3, 0.4) is 0 Å². The molecule has 0 amide bonds. The zero-order valence-corrected chi connectivity index (χ0v) is 38.9. The molecule has 54 heavy (non-hydrogen) atoms. The van der Waals surface area contributed by atoms with Crippen molar-refractivity contribution < 1.29 is 24.4 Å².